The van der Waals surface area contributed by atoms with Crippen molar-refractivity contribution in [2.24, 2.45) is 5.92 Å². The second-order valence-electron chi connectivity index (χ2n) is 8.17. The van der Waals surface area contributed by atoms with Crippen LogP contribution in [0.3, 0.4) is 0 Å². The highest BCUT2D eigenvalue weighted by molar-refractivity contribution is 8.00. The molecule has 1 fully saturated rings. The number of likely N-dealkylation sites (tertiary alicyclic amines) is 1. The van der Waals surface area contributed by atoms with Crippen molar-refractivity contribution in [2.75, 3.05) is 32.1 Å². The van der Waals surface area contributed by atoms with Crippen LogP contribution in [0.5, 0.6) is 11.5 Å². The number of amides is 1. The van der Waals surface area contributed by atoms with Crippen LogP contribution in [0.1, 0.15) is 30.9 Å². The second-order valence-corrected chi connectivity index (χ2v) is 9.22. The maximum atomic E-state index is 12.2. The predicted octanol–water partition coefficient (Wildman–Crippen LogP) is 4.10. The molecule has 1 atom stereocenters. The number of thioether (sulfide) groups is 1. The van der Waals surface area contributed by atoms with Crippen molar-refractivity contribution in [2.45, 2.75) is 37.8 Å². The van der Waals surface area contributed by atoms with E-state index in [1.54, 1.807) is 0 Å². The Labute approximate surface area is 183 Å². The Morgan fingerprint density at radius 2 is 1.87 bits per heavy atom. The van der Waals surface area contributed by atoms with E-state index >= 15 is 0 Å². The molecular weight excluding hydrogens is 396 g/mol. The number of carbonyl (C=O) groups is 1. The van der Waals surface area contributed by atoms with E-state index in [1.807, 2.05) is 18.2 Å². The molecule has 2 aromatic rings. The molecule has 160 valence electrons. The van der Waals surface area contributed by atoms with E-state index in [9.17, 15) is 4.79 Å². The van der Waals surface area contributed by atoms with Gasteiger partial charge in [0.15, 0.2) is 11.5 Å². The number of fused-ring (bicyclic) bond motifs is 1. The highest BCUT2D eigenvalue weighted by atomic mass is 32.2. The molecule has 2 aliphatic heterocycles. The number of nitrogens with zero attached hydrogens (tertiary/aromatic N) is 1. The minimum atomic E-state index is 0.0290. The smallest absolute Gasteiger partial charge is 0.230 e. The SMILES string of the molecule is CC1CCCN(Cc2ccc(CNC(=O)CSc3ccc4c(c3)OCCO4)cc2)C1. The van der Waals surface area contributed by atoms with Gasteiger partial charge in [-0.2, -0.15) is 0 Å². The zero-order valence-electron chi connectivity index (χ0n) is 17.6. The summed E-state index contributed by atoms with van der Waals surface area (Å²) in [5, 5.41) is 3.01. The van der Waals surface area contributed by atoms with Crippen LogP contribution in [0.2, 0.25) is 0 Å². The fourth-order valence-electron chi connectivity index (χ4n) is 3.97. The summed E-state index contributed by atoms with van der Waals surface area (Å²) in [5.74, 6) is 2.74. The Morgan fingerprint density at radius 1 is 1.10 bits per heavy atom. The fraction of sp³-hybridized carbons (Fsp3) is 0.458. The van der Waals surface area contributed by atoms with E-state index in [1.165, 1.54) is 43.3 Å². The standard InChI is InChI=1S/C24H30N2O3S/c1-18-3-2-10-26(15-18)16-20-6-4-19(5-7-20)14-25-24(27)17-30-21-8-9-22-23(13-21)29-12-11-28-22/h4-9,13,18H,2-3,10-12,14-17H2,1H3,(H,25,27). The lowest BCUT2D eigenvalue weighted by Gasteiger charge is -2.30. The van der Waals surface area contributed by atoms with Gasteiger partial charge in [0.2, 0.25) is 5.91 Å². The predicted molar refractivity (Wildman–Crippen MR) is 120 cm³/mol. The number of carbonyl (C=O) groups excluding carboxylic acids is 1. The van der Waals surface area contributed by atoms with Crippen LogP contribution in [-0.2, 0) is 17.9 Å². The van der Waals surface area contributed by atoms with Crippen LogP contribution in [0.15, 0.2) is 47.4 Å². The minimum absolute atomic E-state index is 0.0290. The first-order valence-electron chi connectivity index (χ1n) is 10.7. The molecule has 2 heterocycles. The van der Waals surface area contributed by atoms with Gasteiger partial charge in [0.25, 0.3) is 0 Å². The lowest BCUT2D eigenvalue weighted by molar-refractivity contribution is -0.118. The summed E-state index contributed by atoms with van der Waals surface area (Å²) >= 11 is 1.51. The molecule has 6 heteroatoms. The normalized spacial score (nSPS) is 18.8. The van der Waals surface area contributed by atoms with Gasteiger partial charge in [-0.25, -0.2) is 0 Å². The fourth-order valence-corrected chi connectivity index (χ4v) is 4.72. The van der Waals surface area contributed by atoms with Gasteiger partial charge in [0, 0.05) is 24.5 Å². The molecule has 0 bridgehead atoms. The summed E-state index contributed by atoms with van der Waals surface area (Å²) in [6.07, 6.45) is 2.65. The van der Waals surface area contributed by atoms with Crippen molar-refractivity contribution in [1.29, 1.82) is 0 Å². The highest BCUT2D eigenvalue weighted by Gasteiger charge is 2.16. The quantitative estimate of drug-likeness (QED) is 0.676. The summed E-state index contributed by atoms with van der Waals surface area (Å²) in [4.78, 5) is 15.8. The van der Waals surface area contributed by atoms with Crippen LogP contribution in [0, 0.1) is 5.92 Å². The van der Waals surface area contributed by atoms with Gasteiger partial charge in [-0.1, -0.05) is 31.2 Å². The van der Waals surface area contributed by atoms with Gasteiger partial charge in [-0.3, -0.25) is 9.69 Å². The van der Waals surface area contributed by atoms with Crippen LogP contribution >= 0.6 is 11.8 Å². The van der Waals surface area contributed by atoms with Gasteiger partial charge >= 0.3 is 0 Å². The van der Waals surface area contributed by atoms with Gasteiger partial charge in [0.1, 0.15) is 13.2 Å². The molecule has 4 rings (SSSR count). The van der Waals surface area contributed by atoms with Crippen molar-refractivity contribution < 1.29 is 14.3 Å². The Morgan fingerprint density at radius 3 is 2.67 bits per heavy atom. The van der Waals surface area contributed by atoms with Gasteiger partial charge in [-0.05, 0) is 54.6 Å². The van der Waals surface area contributed by atoms with Crippen molar-refractivity contribution in [3.05, 3.63) is 53.6 Å². The average molecular weight is 427 g/mol. The van der Waals surface area contributed by atoms with Gasteiger partial charge in [-0.15, -0.1) is 11.8 Å². The number of ether oxygens (including phenoxy) is 2. The van der Waals surface area contributed by atoms with Crippen molar-refractivity contribution in [3.63, 3.8) is 0 Å². The molecule has 2 aliphatic rings. The van der Waals surface area contributed by atoms with Gasteiger partial charge in [0.05, 0.1) is 5.75 Å². The summed E-state index contributed by atoms with van der Waals surface area (Å²) < 4.78 is 11.1. The molecule has 0 spiro atoms. The maximum absolute atomic E-state index is 12.2. The second kappa shape index (κ2) is 10.2. The molecule has 1 N–H and O–H groups in total. The number of piperidine rings is 1. The Hall–Kier alpha value is -2.18. The van der Waals surface area contributed by atoms with Crippen molar-refractivity contribution in [1.82, 2.24) is 10.2 Å². The molecule has 1 saturated heterocycles. The monoisotopic (exact) mass is 426 g/mol. The summed E-state index contributed by atoms with van der Waals surface area (Å²) in [6, 6.07) is 14.4. The molecule has 0 aromatic heterocycles. The molecule has 0 aliphatic carbocycles. The number of hydrogen-bond donors (Lipinski definition) is 1. The molecule has 1 unspecified atom stereocenters. The molecular formula is C24H30N2O3S. The van der Waals surface area contributed by atoms with E-state index < -0.39 is 0 Å². The van der Waals surface area contributed by atoms with Gasteiger partial charge < -0.3 is 14.8 Å². The summed E-state index contributed by atoms with van der Waals surface area (Å²) in [7, 11) is 0. The molecule has 1 amide bonds. The van der Waals surface area contributed by atoms with E-state index in [0.717, 1.165) is 34.4 Å². The number of rotatable bonds is 7. The van der Waals surface area contributed by atoms with E-state index in [-0.39, 0.29) is 5.91 Å². The third-order valence-corrected chi connectivity index (χ3v) is 6.54. The van der Waals surface area contributed by atoms with Crippen LogP contribution < -0.4 is 14.8 Å². The summed E-state index contributed by atoms with van der Waals surface area (Å²) in [5.41, 5.74) is 2.47. The van der Waals surface area contributed by atoms with Crippen molar-refractivity contribution in [3.8, 4) is 11.5 Å². The largest absolute Gasteiger partial charge is 0.486 e. The topological polar surface area (TPSA) is 50.8 Å². The Kier molecular flexibility index (Phi) is 7.18. The third-order valence-electron chi connectivity index (χ3n) is 5.54. The Bertz CT molecular complexity index is 856. The maximum Gasteiger partial charge on any atom is 0.230 e. The molecule has 2 aromatic carbocycles. The number of nitrogens with one attached hydrogen (secondary N) is 1. The van der Waals surface area contributed by atoms with E-state index in [0.29, 0.717) is 25.5 Å². The lowest BCUT2D eigenvalue weighted by atomic mass is 9.99. The van der Waals surface area contributed by atoms with Crippen LogP contribution in [-0.4, -0.2) is 42.9 Å². The Balaban J connectivity index is 1.20. The first kappa shape index (κ1) is 21.1. The summed E-state index contributed by atoms with van der Waals surface area (Å²) in [6.45, 7) is 7.45. The molecule has 30 heavy (non-hydrogen) atoms. The zero-order chi connectivity index (χ0) is 20.8. The average Bonchev–Trinajstić information content (AvgIpc) is 2.77. The molecule has 5 nitrogen and oxygen atoms in total. The van der Waals surface area contributed by atoms with Crippen LogP contribution in [0.4, 0.5) is 0 Å². The third kappa shape index (κ3) is 5.92. The lowest BCUT2D eigenvalue weighted by Crippen LogP contribution is -2.33. The minimum Gasteiger partial charge on any atom is -0.486 e. The molecule has 0 saturated carbocycles. The number of hydrogen-bond acceptors (Lipinski definition) is 5. The van der Waals surface area contributed by atoms with E-state index in [2.05, 4.69) is 41.4 Å². The zero-order valence-corrected chi connectivity index (χ0v) is 18.4. The number of benzene rings is 2. The van der Waals surface area contributed by atoms with Crippen LogP contribution in [0.25, 0.3) is 0 Å². The van der Waals surface area contributed by atoms with E-state index in [4.69, 9.17) is 9.47 Å². The molecule has 0 radical (unpaired) electrons. The van der Waals surface area contributed by atoms with Crippen molar-refractivity contribution >= 4 is 17.7 Å². The first-order valence-corrected chi connectivity index (χ1v) is 11.7. The highest BCUT2D eigenvalue weighted by Crippen LogP contribution is 2.34. The first-order chi connectivity index (χ1) is 14.7.